The summed E-state index contributed by atoms with van der Waals surface area (Å²) < 4.78 is 61.1. The second-order valence-electron chi connectivity index (χ2n) is 3.82. The van der Waals surface area contributed by atoms with Crippen molar-refractivity contribution in [3.8, 4) is 0 Å². The van der Waals surface area contributed by atoms with Crippen LogP contribution in [0.4, 0.5) is 32.4 Å². The molecule has 0 heterocycles. The molecular formula is C11H11F5N2O2. The SMILES string of the molecule is O=C(NCC(O)C(F)F)Nc1cccc(C(F)(F)F)c1. The van der Waals surface area contributed by atoms with E-state index < -0.39 is 36.8 Å². The Labute approximate surface area is 110 Å². The molecular weight excluding hydrogens is 287 g/mol. The smallest absolute Gasteiger partial charge is 0.385 e. The van der Waals surface area contributed by atoms with Crippen molar-refractivity contribution in [1.29, 1.82) is 0 Å². The molecule has 1 aromatic rings. The van der Waals surface area contributed by atoms with E-state index in [1.165, 1.54) is 6.07 Å². The molecule has 1 rings (SSSR count). The summed E-state index contributed by atoms with van der Waals surface area (Å²) in [7, 11) is 0. The van der Waals surface area contributed by atoms with Crippen LogP contribution in [0.3, 0.4) is 0 Å². The van der Waals surface area contributed by atoms with E-state index in [4.69, 9.17) is 5.11 Å². The lowest BCUT2D eigenvalue weighted by atomic mass is 10.2. The van der Waals surface area contributed by atoms with Crippen LogP contribution in [0.2, 0.25) is 0 Å². The molecule has 2 amide bonds. The Morgan fingerprint density at radius 2 is 1.95 bits per heavy atom. The lowest BCUT2D eigenvalue weighted by molar-refractivity contribution is -0.137. The minimum absolute atomic E-state index is 0.149. The summed E-state index contributed by atoms with van der Waals surface area (Å²) in [6.45, 7) is -0.720. The number of hydrogen-bond acceptors (Lipinski definition) is 2. The second-order valence-corrected chi connectivity index (χ2v) is 3.82. The number of hydrogen-bond donors (Lipinski definition) is 3. The van der Waals surface area contributed by atoms with Gasteiger partial charge in [0.25, 0.3) is 6.43 Å². The Morgan fingerprint density at radius 1 is 1.30 bits per heavy atom. The third-order valence-electron chi connectivity index (χ3n) is 2.21. The largest absolute Gasteiger partial charge is 0.416 e. The number of carbonyl (C=O) groups is 1. The molecule has 1 aromatic carbocycles. The van der Waals surface area contributed by atoms with Gasteiger partial charge >= 0.3 is 12.2 Å². The number of anilines is 1. The Balaban J connectivity index is 2.58. The van der Waals surface area contributed by atoms with Crippen LogP contribution in [-0.4, -0.2) is 30.2 Å². The third-order valence-corrected chi connectivity index (χ3v) is 2.21. The minimum atomic E-state index is -4.56. The number of nitrogens with one attached hydrogen (secondary N) is 2. The third kappa shape index (κ3) is 5.00. The molecule has 0 aliphatic rings. The van der Waals surface area contributed by atoms with Crippen molar-refractivity contribution in [3.63, 3.8) is 0 Å². The maximum absolute atomic E-state index is 12.4. The molecule has 0 saturated carbocycles. The Kier molecular flexibility index (Phi) is 5.26. The van der Waals surface area contributed by atoms with Gasteiger partial charge in [-0.2, -0.15) is 13.2 Å². The molecule has 20 heavy (non-hydrogen) atoms. The number of benzene rings is 1. The fraction of sp³-hybridized carbons (Fsp3) is 0.364. The lowest BCUT2D eigenvalue weighted by Crippen LogP contribution is -2.38. The topological polar surface area (TPSA) is 61.4 Å². The van der Waals surface area contributed by atoms with Crippen LogP contribution in [0, 0.1) is 0 Å². The first-order valence-electron chi connectivity index (χ1n) is 5.38. The number of alkyl halides is 5. The van der Waals surface area contributed by atoms with E-state index in [-0.39, 0.29) is 5.69 Å². The van der Waals surface area contributed by atoms with Crippen molar-refractivity contribution in [2.75, 3.05) is 11.9 Å². The van der Waals surface area contributed by atoms with Crippen LogP contribution in [-0.2, 0) is 6.18 Å². The average molecular weight is 298 g/mol. The summed E-state index contributed by atoms with van der Waals surface area (Å²) in [6, 6.07) is 2.82. The van der Waals surface area contributed by atoms with Crippen molar-refractivity contribution in [3.05, 3.63) is 29.8 Å². The molecule has 0 bridgehead atoms. The number of amides is 2. The van der Waals surface area contributed by atoms with Crippen LogP contribution in [0.15, 0.2) is 24.3 Å². The van der Waals surface area contributed by atoms with E-state index >= 15 is 0 Å². The number of halogens is 5. The molecule has 9 heteroatoms. The highest BCUT2D eigenvalue weighted by molar-refractivity contribution is 5.89. The van der Waals surface area contributed by atoms with E-state index in [0.29, 0.717) is 6.07 Å². The Hall–Kier alpha value is -1.90. The molecule has 112 valence electrons. The first kappa shape index (κ1) is 16.2. The van der Waals surface area contributed by atoms with Crippen LogP contribution in [0.25, 0.3) is 0 Å². The first-order chi connectivity index (χ1) is 9.20. The zero-order chi connectivity index (χ0) is 15.3. The molecule has 0 aliphatic heterocycles. The van der Waals surface area contributed by atoms with Gasteiger partial charge < -0.3 is 15.7 Å². The molecule has 0 radical (unpaired) electrons. The first-order valence-corrected chi connectivity index (χ1v) is 5.38. The summed E-state index contributed by atoms with van der Waals surface area (Å²) in [5, 5.41) is 12.7. The Bertz CT molecular complexity index is 464. The van der Waals surface area contributed by atoms with Crippen molar-refractivity contribution in [1.82, 2.24) is 5.32 Å². The highest BCUT2D eigenvalue weighted by Crippen LogP contribution is 2.30. The Morgan fingerprint density at radius 3 is 2.50 bits per heavy atom. The molecule has 1 unspecified atom stereocenters. The van der Waals surface area contributed by atoms with Gasteiger partial charge in [0.2, 0.25) is 0 Å². The molecule has 3 N–H and O–H groups in total. The van der Waals surface area contributed by atoms with Gasteiger partial charge in [0.05, 0.1) is 12.1 Å². The zero-order valence-corrected chi connectivity index (χ0v) is 9.92. The van der Waals surface area contributed by atoms with Gasteiger partial charge in [-0.25, -0.2) is 13.6 Å². The predicted molar refractivity (Wildman–Crippen MR) is 60.5 cm³/mol. The van der Waals surface area contributed by atoms with E-state index in [1.54, 1.807) is 0 Å². The molecule has 4 nitrogen and oxygen atoms in total. The van der Waals surface area contributed by atoms with Gasteiger partial charge in [0.1, 0.15) is 6.10 Å². The fourth-order valence-corrected chi connectivity index (χ4v) is 1.23. The van der Waals surface area contributed by atoms with Crippen LogP contribution < -0.4 is 10.6 Å². The minimum Gasteiger partial charge on any atom is -0.385 e. The monoisotopic (exact) mass is 298 g/mol. The molecule has 0 aromatic heterocycles. The molecule has 1 atom stereocenters. The van der Waals surface area contributed by atoms with Gasteiger partial charge in [-0.1, -0.05) is 6.07 Å². The maximum atomic E-state index is 12.4. The number of aliphatic hydroxyl groups is 1. The number of urea groups is 1. The quantitative estimate of drug-likeness (QED) is 0.748. The van der Waals surface area contributed by atoms with Crippen LogP contribution in [0.5, 0.6) is 0 Å². The average Bonchev–Trinajstić information content (AvgIpc) is 2.35. The molecule has 0 aliphatic carbocycles. The second kappa shape index (κ2) is 6.51. The number of rotatable bonds is 4. The van der Waals surface area contributed by atoms with Gasteiger partial charge in [-0.05, 0) is 18.2 Å². The standard InChI is InChI=1S/C11H11F5N2O2/c12-9(13)8(19)5-17-10(20)18-7-3-1-2-6(4-7)11(14,15)16/h1-4,8-9,19H,5H2,(H2,17,18,20). The summed E-state index contributed by atoms with van der Waals surface area (Å²) in [5.74, 6) is 0. The van der Waals surface area contributed by atoms with E-state index in [0.717, 1.165) is 12.1 Å². The van der Waals surface area contributed by atoms with Gasteiger partial charge in [-0.3, -0.25) is 0 Å². The van der Waals surface area contributed by atoms with E-state index in [9.17, 15) is 26.7 Å². The molecule has 0 spiro atoms. The van der Waals surface area contributed by atoms with Gasteiger partial charge in [0, 0.05) is 5.69 Å². The summed E-state index contributed by atoms with van der Waals surface area (Å²) in [5.41, 5.74) is -1.10. The zero-order valence-electron chi connectivity index (χ0n) is 9.92. The lowest BCUT2D eigenvalue weighted by Gasteiger charge is -2.12. The highest BCUT2D eigenvalue weighted by Gasteiger charge is 2.30. The highest BCUT2D eigenvalue weighted by atomic mass is 19.4. The summed E-state index contributed by atoms with van der Waals surface area (Å²) in [4.78, 5) is 11.2. The molecule has 0 fully saturated rings. The van der Waals surface area contributed by atoms with Crippen LogP contribution >= 0.6 is 0 Å². The summed E-state index contributed by atoms with van der Waals surface area (Å²) >= 11 is 0. The van der Waals surface area contributed by atoms with Crippen molar-refractivity contribution >= 4 is 11.7 Å². The van der Waals surface area contributed by atoms with E-state index in [1.807, 2.05) is 10.6 Å². The van der Waals surface area contributed by atoms with Crippen molar-refractivity contribution in [2.24, 2.45) is 0 Å². The maximum Gasteiger partial charge on any atom is 0.416 e. The normalized spacial score (nSPS) is 13.2. The molecule has 0 saturated heterocycles. The van der Waals surface area contributed by atoms with Gasteiger partial charge in [-0.15, -0.1) is 0 Å². The van der Waals surface area contributed by atoms with Gasteiger partial charge in [0.15, 0.2) is 0 Å². The predicted octanol–water partition coefficient (Wildman–Crippen LogP) is 2.45. The van der Waals surface area contributed by atoms with Crippen molar-refractivity contribution < 1.29 is 31.9 Å². The fourth-order valence-electron chi connectivity index (χ4n) is 1.23. The van der Waals surface area contributed by atoms with Crippen LogP contribution in [0.1, 0.15) is 5.56 Å². The van der Waals surface area contributed by atoms with Crippen molar-refractivity contribution in [2.45, 2.75) is 18.7 Å². The number of carbonyl (C=O) groups excluding carboxylic acids is 1. The van der Waals surface area contributed by atoms with E-state index in [2.05, 4.69) is 0 Å². The number of aliphatic hydroxyl groups excluding tert-OH is 1. The summed E-state index contributed by atoms with van der Waals surface area (Å²) in [6.07, 6.45) is -9.62.